The Morgan fingerprint density at radius 3 is 2.32 bits per heavy atom. The lowest BCUT2D eigenvalue weighted by Gasteiger charge is -2.28. The van der Waals surface area contributed by atoms with Crippen molar-refractivity contribution in [2.24, 2.45) is 0 Å². The Kier molecular flexibility index (Phi) is 3.37. The summed E-state index contributed by atoms with van der Waals surface area (Å²) in [4.78, 5) is 2.64. The summed E-state index contributed by atoms with van der Waals surface area (Å²) in [5, 5.41) is 0. The van der Waals surface area contributed by atoms with Crippen LogP contribution in [-0.2, 0) is 10.0 Å². The molecule has 4 nitrogen and oxygen atoms in total. The van der Waals surface area contributed by atoms with Crippen molar-refractivity contribution in [3.05, 3.63) is 30.3 Å². The van der Waals surface area contributed by atoms with Crippen LogP contribution in [0.4, 0.5) is 0 Å². The van der Waals surface area contributed by atoms with Crippen LogP contribution in [0.3, 0.4) is 0 Å². The van der Waals surface area contributed by atoms with E-state index in [-0.39, 0.29) is 12.1 Å². The van der Waals surface area contributed by atoms with E-state index in [0.717, 1.165) is 32.4 Å². The minimum absolute atomic E-state index is 0.141. The minimum Gasteiger partial charge on any atom is -0.305 e. The van der Waals surface area contributed by atoms with Gasteiger partial charge in [0.25, 0.3) is 0 Å². The molecule has 1 aliphatic heterocycles. The highest BCUT2D eigenvalue weighted by Gasteiger charge is 2.44. The summed E-state index contributed by atoms with van der Waals surface area (Å²) in [5.74, 6) is 0. The molecule has 19 heavy (non-hydrogen) atoms. The van der Waals surface area contributed by atoms with Gasteiger partial charge in [0.15, 0.2) is 0 Å². The van der Waals surface area contributed by atoms with Crippen LogP contribution in [0, 0.1) is 0 Å². The van der Waals surface area contributed by atoms with E-state index in [4.69, 9.17) is 0 Å². The third-order valence-electron chi connectivity index (χ3n) is 3.95. The zero-order valence-electron chi connectivity index (χ0n) is 11.2. The van der Waals surface area contributed by atoms with Gasteiger partial charge in [-0.25, -0.2) is 8.42 Å². The van der Waals surface area contributed by atoms with E-state index in [1.807, 2.05) is 6.07 Å². The van der Waals surface area contributed by atoms with Crippen molar-refractivity contribution >= 4 is 10.0 Å². The smallest absolute Gasteiger partial charge is 0.243 e. The molecule has 104 valence electrons. The standard InChI is InChI=1S/C14H20N2O2S/c1-15-10-9-13(11-15)16(12-7-8-12)19(17,18)14-5-3-2-4-6-14/h2-6,12-13H,7-11H2,1H3. The molecule has 1 aliphatic carbocycles. The molecular weight excluding hydrogens is 260 g/mol. The van der Waals surface area contributed by atoms with Crippen molar-refractivity contribution in [3.63, 3.8) is 0 Å². The molecule has 1 aromatic carbocycles. The molecule has 1 heterocycles. The average molecular weight is 280 g/mol. The lowest BCUT2D eigenvalue weighted by atomic mass is 10.2. The third kappa shape index (κ3) is 2.55. The SMILES string of the molecule is CN1CCC(N(C2CC2)S(=O)(=O)c2ccccc2)C1. The number of sulfonamides is 1. The normalized spacial score (nSPS) is 25.1. The summed E-state index contributed by atoms with van der Waals surface area (Å²) < 4.78 is 27.4. The summed E-state index contributed by atoms with van der Waals surface area (Å²) >= 11 is 0. The van der Waals surface area contributed by atoms with E-state index in [9.17, 15) is 8.42 Å². The number of likely N-dealkylation sites (N-methyl/N-ethyl adjacent to an activating group) is 1. The zero-order valence-corrected chi connectivity index (χ0v) is 12.0. The Morgan fingerprint density at radius 2 is 1.79 bits per heavy atom. The van der Waals surface area contributed by atoms with Gasteiger partial charge in [-0.05, 0) is 45.0 Å². The van der Waals surface area contributed by atoms with E-state index >= 15 is 0 Å². The van der Waals surface area contributed by atoms with Crippen molar-refractivity contribution in [2.45, 2.75) is 36.2 Å². The molecule has 0 aromatic heterocycles. The van der Waals surface area contributed by atoms with Crippen molar-refractivity contribution in [3.8, 4) is 0 Å². The summed E-state index contributed by atoms with van der Waals surface area (Å²) in [6, 6.07) is 9.19. The second kappa shape index (κ2) is 4.89. The predicted molar refractivity (Wildman–Crippen MR) is 74.4 cm³/mol. The fraction of sp³-hybridized carbons (Fsp3) is 0.571. The highest BCUT2D eigenvalue weighted by molar-refractivity contribution is 7.89. The van der Waals surface area contributed by atoms with Crippen LogP contribution in [-0.4, -0.2) is 49.8 Å². The number of likely N-dealkylation sites (tertiary alicyclic amines) is 1. The lowest BCUT2D eigenvalue weighted by Crippen LogP contribution is -2.43. The lowest BCUT2D eigenvalue weighted by molar-refractivity contribution is 0.302. The first-order valence-corrected chi connectivity index (χ1v) is 8.30. The molecule has 0 N–H and O–H groups in total. The Morgan fingerprint density at radius 1 is 1.11 bits per heavy atom. The second-order valence-electron chi connectivity index (χ2n) is 5.58. The van der Waals surface area contributed by atoms with Gasteiger partial charge in [-0.3, -0.25) is 0 Å². The van der Waals surface area contributed by atoms with Gasteiger partial charge in [0, 0.05) is 18.6 Å². The fourth-order valence-corrected chi connectivity index (χ4v) is 4.77. The van der Waals surface area contributed by atoms with E-state index in [2.05, 4.69) is 11.9 Å². The first-order chi connectivity index (χ1) is 9.09. The molecule has 1 saturated heterocycles. The molecule has 1 unspecified atom stereocenters. The molecule has 1 atom stereocenters. The molecule has 1 saturated carbocycles. The highest BCUT2D eigenvalue weighted by atomic mass is 32.2. The summed E-state index contributed by atoms with van der Waals surface area (Å²) in [7, 11) is -1.28. The summed E-state index contributed by atoms with van der Waals surface area (Å²) in [6.45, 7) is 1.83. The summed E-state index contributed by atoms with van der Waals surface area (Å²) in [6.07, 6.45) is 2.96. The van der Waals surface area contributed by atoms with Gasteiger partial charge in [-0.15, -0.1) is 0 Å². The topological polar surface area (TPSA) is 40.6 Å². The molecule has 0 radical (unpaired) electrons. The van der Waals surface area contributed by atoms with Gasteiger partial charge in [-0.1, -0.05) is 18.2 Å². The second-order valence-corrected chi connectivity index (χ2v) is 7.43. The number of rotatable bonds is 4. The Bertz CT molecular complexity index is 540. The maximum Gasteiger partial charge on any atom is 0.243 e. The van der Waals surface area contributed by atoms with E-state index < -0.39 is 10.0 Å². The van der Waals surface area contributed by atoms with Crippen LogP contribution in [0.15, 0.2) is 35.2 Å². The van der Waals surface area contributed by atoms with Crippen LogP contribution in [0.25, 0.3) is 0 Å². The Labute approximate surface area is 115 Å². The molecule has 3 rings (SSSR count). The molecule has 0 spiro atoms. The third-order valence-corrected chi connectivity index (χ3v) is 5.97. The molecule has 2 fully saturated rings. The van der Waals surface area contributed by atoms with Gasteiger partial charge in [0.05, 0.1) is 4.90 Å². The van der Waals surface area contributed by atoms with E-state index in [1.54, 1.807) is 28.6 Å². The summed E-state index contributed by atoms with van der Waals surface area (Å²) in [5.41, 5.74) is 0. The van der Waals surface area contributed by atoms with Crippen LogP contribution in [0.2, 0.25) is 0 Å². The van der Waals surface area contributed by atoms with Crippen LogP contribution in [0.1, 0.15) is 19.3 Å². The van der Waals surface area contributed by atoms with E-state index in [0.29, 0.717) is 4.90 Å². The molecular formula is C14H20N2O2S. The first-order valence-electron chi connectivity index (χ1n) is 6.86. The number of hydrogen-bond acceptors (Lipinski definition) is 3. The van der Waals surface area contributed by atoms with Crippen LogP contribution < -0.4 is 0 Å². The number of nitrogens with zero attached hydrogens (tertiary/aromatic N) is 2. The zero-order chi connectivity index (χ0) is 13.5. The molecule has 1 aromatic rings. The molecule has 0 bridgehead atoms. The van der Waals surface area contributed by atoms with Gasteiger partial charge in [0.2, 0.25) is 10.0 Å². The quantitative estimate of drug-likeness (QED) is 0.840. The van der Waals surface area contributed by atoms with Crippen molar-refractivity contribution < 1.29 is 8.42 Å². The Balaban J connectivity index is 1.92. The minimum atomic E-state index is -3.34. The van der Waals surface area contributed by atoms with Crippen LogP contribution >= 0.6 is 0 Å². The fourth-order valence-electron chi connectivity index (χ4n) is 2.85. The van der Waals surface area contributed by atoms with Gasteiger partial charge < -0.3 is 4.90 Å². The highest BCUT2D eigenvalue weighted by Crippen LogP contribution is 2.36. The van der Waals surface area contributed by atoms with E-state index in [1.165, 1.54) is 0 Å². The maximum absolute atomic E-state index is 12.8. The van der Waals surface area contributed by atoms with Crippen LogP contribution in [0.5, 0.6) is 0 Å². The number of hydrogen-bond donors (Lipinski definition) is 0. The van der Waals surface area contributed by atoms with Crippen molar-refractivity contribution in [1.82, 2.24) is 9.21 Å². The largest absolute Gasteiger partial charge is 0.305 e. The van der Waals surface area contributed by atoms with Gasteiger partial charge in [-0.2, -0.15) is 4.31 Å². The molecule has 5 heteroatoms. The average Bonchev–Trinajstić information content (AvgIpc) is 3.13. The van der Waals surface area contributed by atoms with Crippen molar-refractivity contribution in [1.29, 1.82) is 0 Å². The monoisotopic (exact) mass is 280 g/mol. The Hall–Kier alpha value is -0.910. The first kappa shape index (κ1) is 13.1. The van der Waals surface area contributed by atoms with Crippen molar-refractivity contribution in [2.75, 3.05) is 20.1 Å². The maximum atomic E-state index is 12.8. The van der Waals surface area contributed by atoms with Gasteiger partial charge in [0.1, 0.15) is 0 Å². The molecule has 0 amide bonds. The number of benzene rings is 1. The van der Waals surface area contributed by atoms with Gasteiger partial charge >= 0.3 is 0 Å². The predicted octanol–water partition coefficient (Wildman–Crippen LogP) is 1.54. The molecule has 2 aliphatic rings.